The summed E-state index contributed by atoms with van der Waals surface area (Å²) in [4.78, 5) is 0. The Kier molecular flexibility index (Phi) is 5.12. The van der Waals surface area contributed by atoms with Crippen LogP contribution in [0.1, 0.15) is 17.2 Å². The Balaban J connectivity index is 2.49. The van der Waals surface area contributed by atoms with Crippen molar-refractivity contribution in [3.05, 3.63) is 56.1 Å². The van der Waals surface area contributed by atoms with Crippen LogP contribution in [-0.4, -0.2) is 14.2 Å². The third-order valence-corrected chi connectivity index (χ3v) is 4.09. The first-order chi connectivity index (χ1) is 9.58. The zero-order valence-electron chi connectivity index (χ0n) is 11.2. The summed E-state index contributed by atoms with van der Waals surface area (Å²) in [6.45, 7) is 0. The van der Waals surface area contributed by atoms with E-state index in [4.69, 9.17) is 26.8 Å². The number of rotatable bonds is 4. The highest BCUT2D eigenvalue weighted by molar-refractivity contribution is 14.1. The number of ether oxygens (including phenoxy) is 2. The van der Waals surface area contributed by atoms with E-state index in [1.807, 2.05) is 30.3 Å². The van der Waals surface area contributed by atoms with Gasteiger partial charge in [0.1, 0.15) is 16.5 Å². The molecule has 0 aliphatic carbocycles. The molecule has 20 heavy (non-hydrogen) atoms. The summed E-state index contributed by atoms with van der Waals surface area (Å²) in [6.07, 6.45) is 0. The molecule has 0 aliphatic heterocycles. The number of halogens is 2. The first kappa shape index (κ1) is 15.4. The Morgan fingerprint density at radius 3 is 2.50 bits per heavy atom. The van der Waals surface area contributed by atoms with Gasteiger partial charge in [-0.05, 0) is 52.4 Å². The third kappa shape index (κ3) is 3.02. The largest absolute Gasteiger partial charge is 0.495 e. The summed E-state index contributed by atoms with van der Waals surface area (Å²) in [5.41, 5.74) is 8.18. The minimum Gasteiger partial charge on any atom is -0.495 e. The topological polar surface area (TPSA) is 44.5 Å². The van der Waals surface area contributed by atoms with Crippen LogP contribution in [-0.2, 0) is 0 Å². The molecule has 2 N–H and O–H groups in total. The molecule has 106 valence electrons. The average Bonchev–Trinajstić information content (AvgIpc) is 2.46. The smallest absolute Gasteiger partial charge is 0.146 e. The van der Waals surface area contributed by atoms with E-state index in [9.17, 15) is 0 Å². The van der Waals surface area contributed by atoms with Crippen molar-refractivity contribution in [3.8, 4) is 11.5 Å². The summed E-state index contributed by atoms with van der Waals surface area (Å²) in [5, 5.41) is 0.438. The Hall–Kier alpha value is -0.980. The van der Waals surface area contributed by atoms with Crippen molar-refractivity contribution < 1.29 is 9.47 Å². The molecule has 2 rings (SSSR count). The van der Waals surface area contributed by atoms with Gasteiger partial charge in [0.25, 0.3) is 0 Å². The van der Waals surface area contributed by atoms with E-state index in [2.05, 4.69) is 22.6 Å². The van der Waals surface area contributed by atoms with Gasteiger partial charge in [-0.3, -0.25) is 0 Å². The molecule has 0 aromatic heterocycles. The number of nitrogens with two attached hydrogens (primary N) is 1. The van der Waals surface area contributed by atoms with Gasteiger partial charge in [-0.15, -0.1) is 0 Å². The van der Waals surface area contributed by atoms with Crippen molar-refractivity contribution >= 4 is 34.2 Å². The summed E-state index contributed by atoms with van der Waals surface area (Å²) in [7, 11) is 3.14. The Morgan fingerprint density at radius 2 is 1.90 bits per heavy atom. The second kappa shape index (κ2) is 6.65. The van der Waals surface area contributed by atoms with Crippen LogP contribution in [0.2, 0.25) is 5.02 Å². The Bertz CT molecular complexity index is 619. The van der Waals surface area contributed by atoms with E-state index in [1.54, 1.807) is 20.3 Å². The molecule has 0 spiro atoms. The van der Waals surface area contributed by atoms with Crippen molar-refractivity contribution in [1.29, 1.82) is 0 Å². The number of methoxy groups -OCH3 is 2. The van der Waals surface area contributed by atoms with Crippen molar-refractivity contribution in [2.75, 3.05) is 14.2 Å². The molecule has 0 bridgehead atoms. The second-order valence-electron chi connectivity index (χ2n) is 4.24. The van der Waals surface area contributed by atoms with Gasteiger partial charge >= 0.3 is 0 Å². The molecular formula is C15H15ClINO2. The number of hydrogen-bond donors (Lipinski definition) is 1. The van der Waals surface area contributed by atoms with Crippen LogP contribution in [0.25, 0.3) is 0 Å². The monoisotopic (exact) mass is 403 g/mol. The molecule has 0 heterocycles. The molecule has 0 fully saturated rings. The lowest BCUT2D eigenvalue weighted by molar-refractivity contribution is 0.390. The summed E-state index contributed by atoms with van der Waals surface area (Å²) in [6, 6.07) is 11.4. The quantitative estimate of drug-likeness (QED) is 0.785. The van der Waals surface area contributed by atoms with E-state index in [0.717, 1.165) is 14.7 Å². The molecular weight excluding hydrogens is 389 g/mol. The normalized spacial score (nSPS) is 12.1. The van der Waals surface area contributed by atoms with Gasteiger partial charge in [0, 0.05) is 9.13 Å². The SMILES string of the molecule is COc1ccc(C(N)c2cccc(I)c2)c(OC)c1Cl. The molecule has 2 aromatic rings. The predicted molar refractivity (Wildman–Crippen MR) is 89.7 cm³/mol. The summed E-state index contributed by atoms with van der Waals surface area (Å²) < 4.78 is 11.7. The van der Waals surface area contributed by atoms with Crippen LogP contribution < -0.4 is 15.2 Å². The van der Waals surface area contributed by atoms with E-state index in [-0.39, 0.29) is 6.04 Å². The molecule has 1 unspecified atom stereocenters. The maximum absolute atomic E-state index is 6.34. The van der Waals surface area contributed by atoms with Crippen molar-refractivity contribution in [2.24, 2.45) is 5.73 Å². The molecule has 0 aliphatic rings. The van der Waals surface area contributed by atoms with Gasteiger partial charge in [-0.1, -0.05) is 23.7 Å². The van der Waals surface area contributed by atoms with Gasteiger partial charge in [-0.2, -0.15) is 0 Å². The summed E-state index contributed by atoms with van der Waals surface area (Å²) >= 11 is 8.53. The zero-order chi connectivity index (χ0) is 14.7. The minimum absolute atomic E-state index is 0.303. The first-order valence-corrected chi connectivity index (χ1v) is 7.45. The van der Waals surface area contributed by atoms with Crippen LogP contribution in [0, 0.1) is 3.57 Å². The van der Waals surface area contributed by atoms with Gasteiger partial charge in [0.05, 0.1) is 20.3 Å². The fourth-order valence-corrected chi connectivity index (χ4v) is 2.94. The third-order valence-electron chi connectivity index (χ3n) is 3.06. The predicted octanol–water partition coefficient (Wildman–Crippen LogP) is 4.01. The number of hydrogen-bond acceptors (Lipinski definition) is 3. The Morgan fingerprint density at radius 1 is 1.15 bits per heavy atom. The molecule has 0 saturated heterocycles. The minimum atomic E-state index is -0.303. The fraction of sp³-hybridized carbons (Fsp3) is 0.200. The van der Waals surface area contributed by atoms with Crippen LogP contribution in [0.15, 0.2) is 36.4 Å². The molecule has 1 atom stereocenters. The zero-order valence-corrected chi connectivity index (χ0v) is 14.1. The molecule has 0 saturated carbocycles. The van der Waals surface area contributed by atoms with Gasteiger partial charge in [0.15, 0.2) is 0 Å². The second-order valence-corrected chi connectivity index (χ2v) is 5.86. The highest BCUT2D eigenvalue weighted by Crippen LogP contribution is 2.40. The van der Waals surface area contributed by atoms with Gasteiger partial charge in [-0.25, -0.2) is 0 Å². The van der Waals surface area contributed by atoms with Crippen LogP contribution in [0.3, 0.4) is 0 Å². The molecule has 3 nitrogen and oxygen atoms in total. The molecule has 0 radical (unpaired) electrons. The fourth-order valence-electron chi connectivity index (χ4n) is 2.04. The van der Waals surface area contributed by atoms with Crippen LogP contribution >= 0.6 is 34.2 Å². The highest BCUT2D eigenvalue weighted by Gasteiger charge is 2.19. The van der Waals surface area contributed by atoms with Gasteiger partial charge in [0.2, 0.25) is 0 Å². The van der Waals surface area contributed by atoms with E-state index < -0.39 is 0 Å². The average molecular weight is 404 g/mol. The van der Waals surface area contributed by atoms with Crippen LogP contribution in [0.4, 0.5) is 0 Å². The number of benzene rings is 2. The van der Waals surface area contributed by atoms with E-state index in [1.165, 1.54) is 0 Å². The first-order valence-electron chi connectivity index (χ1n) is 6.00. The molecule has 0 amide bonds. The standard InChI is InChI=1S/C15H15ClINO2/c1-19-12-7-6-11(15(20-2)13(12)16)14(18)9-4-3-5-10(17)8-9/h3-8,14H,18H2,1-2H3. The molecule has 5 heteroatoms. The lowest BCUT2D eigenvalue weighted by Crippen LogP contribution is -2.13. The molecule has 2 aromatic carbocycles. The van der Waals surface area contributed by atoms with Crippen LogP contribution in [0.5, 0.6) is 11.5 Å². The maximum atomic E-state index is 6.34. The lowest BCUT2D eigenvalue weighted by atomic mass is 9.98. The maximum Gasteiger partial charge on any atom is 0.146 e. The van der Waals surface area contributed by atoms with Gasteiger partial charge < -0.3 is 15.2 Å². The highest BCUT2D eigenvalue weighted by atomic mass is 127. The summed E-state index contributed by atoms with van der Waals surface area (Å²) in [5.74, 6) is 1.12. The van der Waals surface area contributed by atoms with Crippen molar-refractivity contribution in [2.45, 2.75) is 6.04 Å². The van der Waals surface area contributed by atoms with E-state index >= 15 is 0 Å². The van der Waals surface area contributed by atoms with Crippen molar-refractivity contribution in [1.82, 2.24) is 0 Å². The lowest BCUT2D eigenvalue weighted by Gasteiger charge is -2.18. The van der Waals surface area contributed by atoms with E-state index in [0.29, 0.717) is 16.5 Å². The van der Waals surface area contributed by atoms with Crippen molar-refractivity contribution in [3.63, 3.8) is 0 Å². The Labute approximate surface area is 137 Å².